The van der Waals surface area contributed by atoms with E-state index < -0.39 is 36.1 Å². The Bertz CT molecular complexity index is 1040. The number of phenols is 2. The molecule has 0 saturated carbocycles. The highest BCUT2D eigenvalue weighted by atomic mass is 79.9. The van der Waals surface area contributed by atoms with Gasteiger partial charge in [-0.1, -0.05) is 6.07 Å². The van der Waals surface area contributed by atoms with Crippen molar-refractivity contribution < 1.29 is 34.0 Å². The van der Waals surface area contributed by atoms with E-state index >= 15 is 0 Å². The highest BCUT2D eigenvalue weighted by Gasteiger charge is 2.39. The van der Waals surface area contributed by atoms with Crippen molar-refractivity contribution in [2.45, 2.75) is 38.7 Å². The second-order valence-electron chi connectivity index (χ2n) is 6.74. The number of phenolic OH excluding ortho intramolecular Hbond substituents is 2. The number of benzene rings is 1. The van der Waals surface area contributed by atoms with Crippen LogP contribution in [0.3, 0.4) is 0 Å². The van der Waals surface area contributed by atoms with E-state index in [1.54, 1.807) is 0 Å². The molecule has 11 nitrogen and oxygen atoms in total. The Morgan fingerprint density at radius 3 is 2.58 bits per heavy atom. The van der Waals surface area contributed by atoms with Crippen molar-refractivity contribution in [3.05, 3.63) is 39.4 Å². The van der Waals surface area contributed by atoms with Crippen LogP contribution in [0.15, 0.2) is 33.7 Å². The molecule has 2 aromatic rings. The molecule has 1 aromatic carbocycles. The van der Waals surface area contributed by atoms with E-state index in [4.69, 9.17) is 14.2 Å². The van der Waals surface area contributed by atoms with Crippen molar-refractivity contribution in [1.82, 2.24) is 9.55 Å². The number of esters is 2. The molecule has 0 amide bonds. The zero-order valence-corrected chi connectivity index (χ0v) is 18.2. The Kier molecular flexibility index (Phi) is 6.81. The molecular formula is C19H20BrN3O8. The molecule has 0 radical (unpaired) electrons. The fourth-order valence-electron chi connectivity index (χ4n) is 3.07. The molecule has 1 aliphatic heterocycles. The number of aromatic nitrogens is 2. The number of rotatable bonds is 6. The fourth-order valence-corrected chi connectivity index (χ4v) is 3.48. The summed E-state index contributed by atoms with van der Waals surface area (Å²) in [4.78, 5) is 39.1. The van der Waals surface area contributed by atoms with Gasteiger partial charge in [-0.05, 0) is 28.1 Å². The van der Waals surface area contributed by atoms with Gasteiger partial charge >= 0.3 is 17.6 Å². The van der Waals surface area contributed by atoms with Gasteiger partial charge in [-0.3, -0.25) is 14.2 Å². The lowest BCUT2D eigenvalue weighted by Gasteiger charge is -2.18. The van der Waals surface area contributed by atoms with Crippen LogP contribution in [0.5, 0.6) is 11.5 Å². The lowest BCUT2D eigenvalue weighted by atomic mass is 10.2. The Balaban J connectivity index is 1.84. The highest BCUT2D eigenvalue weighted by Crippen LogP contribution is 2.36. The summed E-state index contributed by atoms with van der Waals surface area (Å²) < 4.78 is 17.5. The number of nitrogens with zero attached hydrogens (tertiary/aromatic N) is 2. The SMILES string of the molecule is CC(=O)OCC1OC(n2cc(Br)c(Nc3c(O)cccc3O)nc2=O)C[C@H]1OC(C)=O. The molecule has 2 unspecified atom stereocenters. The average Bonchev–Trinajstić information content (AvgIpc) is 3.07. The third-order valence-corrected chi connectivity index (χ3v) is 5.01. The number of para-hydroxylation sites is 1. The van der Waals surface area contributed by atoms with Crippen LogP contribution in [0.4, 0.5) is 11.5 Å². The van der Waals surface area contributed by atoms with Crippen LogP contribution in [-0.2, 0) is 23.8 Å². The van der Waals surface area contributed by atoms with E-state index in [2.05, 4.69) is 26.2 Å². The molecule has 31 heavy (non-hydrogen) atoms. The number of anilines is 2. The summed E-state index contributed by atoms with van der Waals surface area (Å²) in [5.41, 5.74) is -0.707. The van der Waals surface area contributed by atoms with Crippen molar-refractivity contribution in [3.8, 4) is 11.5 Å². The maximum Gasteiger partial charge on any atom is 0.351 e. The molecule has 3 atom stereocenters. The number of aromatic hydroxyl groups is 2. The Morgan fingerprint density at radius 2 is 1.97 bits per heavy atom. The minimum absolute atomic E-state index is 0.0127. The minimum atomic E-state index is -0.825. The van der Waals surface area contributed by atoms with Crippen molar-refractivity contribution in [3.63, 3.8) is 0 Å². The molecule has 1 fully saturated rings. The number of carbonyl (C=O) groups excluding carboxylic acids is 2. The number of halogens is 1. The van der Waals surface area contributed by atoms with Gasteiger partial charge in [-0.2, -0.15) is 4.98 Å². The summed E-state index contributed by atoms with van der Waals surface area (Å²) in [6.07, 6.45) is -0.734. The third kappa shape index (κ3) is 5.33. The van der Waals surface area contributed by atoms with E-state index in [1.807, 2.05) is 0 Å². The maximum atomic E-state index is 12.6. The van der Waals surface area contributed by atoms with E-state index in [0.717, 1.165) is 0 Å². The Labute approximate surface area is 184 Å². The van der Waals surface area contributed by atoms with Gasteiger partial charge in [0.15, 0.2) is 5.82 Å². The third-order valence-electron chi connectivity index (χ3n) is 4.43. The second-order valence-corrected chi connectivity index (χ2v) is 7.59. The summed E-state index contributed by atoms with van der Waals surface area (Å²) in [5, 5.41) is 22.5. The highest BCUT2D eigenvalue weighted by molar-refractivity contribution is 9.10. The van der Waals surface area contributed by atoms with Gasteiger partial charge in [-0.25, -0.2) is 4.79 Å². The molecular weight excluding hydrogens is 478 g/mol. The summed E-state index contributed by atoms with van der Waals surface area (Å²) in [5.74, 6) is -1.44. The summed E-state index contributed by atoms with van der Waals surface area (Å²) in [7, 11) is 0. The second kappa shape index (κ2) is 9.35. The van der Waals surface area contributed by atoms with Crippen LogP contribution < -0.4 is 11.0 Å². The molecule has 0 bridgehead atoms. The predicted octanol–water partition coefficient (Wildman–Crippen LogP) is 1.94. The van der Waals surface area contributed by atoms with Crippen LogP contribution in [-0.4, -0.2) is 50.5 Å². The summed E-state index contributed by atoms with van der Waals surface area (Å²) in [6, 6.07) is 4.18. The van der Waals surface area contributed by atoms with Crippen molar-refractivity contribution in [2.75, 3.05) is 11.9 Å². The van der Waals surface area contributed by atoms with Crippen molar-refractivity contribution in [1.29, 1.82) is 0 Å². The van der Waals surface area contributed by atoms with Gasteiger partial charge < -0.3 is 29.7 Å². The lowest BCUT2D eigenvalue weighted by Crippen LogP contribution is -2.31. The van der Waals surface area contributed by atoms with Gasteiger partial charge in [0, 0.05) is 26.5 Å². The normalized spacial score (nSPS) is 20.3. The van der Waals surface area contributed by atoms with E-state index in [0.29, 0.717) is 4.47 Å². The van der Waals surface area contributed by atoms with E-state index in [9.17, 15) is 24.6 Å². The molecule has 0 spiro atoms. The smallest absolute Gasteiger partial charge is 0.351 e. The number of hydrogen-bond acceptors (Lipinski definition) is 10. The molecule has 12 heteroatoms. The Morgan fingerprint density at radius 1 is 1.29 bits per heavy atom. The number of nitrogens with one attached hydrogen (secondary N) is 1. The van der Waals surface area contributed by atoms with Gasteiger partial charge in [0.1, 0.15) is 42.2 Å². The first-order valence-corrected chi connectivity index (χ1v) is 9.97. The van der Waals surface area contributed by atoms with Gasteiger partial charge in [0.2, 0.25) is 0 Å². The quantitative estimate of drug-likeness (QED) is 0.399. The summed E-state index contributed by atoms with van der Waals surface area (Å²) in [6.45, 7) is 2.35. The number of hydrogen-bond donors (Lipinski definition) is 3. The lowest BCUT2D eigenvalue weighted by molar-refractivity contribution is -0.155. The first-order valence-electron chi connectivity index (χ1n) is 9.18. The monoisotopic (exact) mass is 497 g/mol. The molecule has 1 saturated heterocycles. The molecule has 2 heterocycles. The zero-order chi connectivity index (χ0) is 22.7. The minimum Gasteiger partial charge on any atom is -0.506 e. The van der Waals surface area contributed by atoms with Gasteiger partial charge in [-0.15, -0.1) is 0 Å². The summed E-state index contributed by atoms with van der Waals surface area (Å²) >= 11 is 3.30. The maximum absolute atomic E-state index is 12.6. The van der Waals surface area contributed by atoms with Crippen LogP contribution in [0.1, 0.15) is 26.5 Å². The first kappa shape index (κ1) is 22.6. The van der Waals surface area contributed by atoms with Gasteiger partial charge in [0.25, 0.3) is 0 Å². The largest absolute Gasteiger partial charge is 0.506 e. The topological polar surface area (TPSA) is 149 Å². The average molecular weight is 498 g/mol. The Hall–Kier alpha value is -3.12. The van der Waals surface area contributed by atoms with E-state index in [1.165, 1.54) is 42.8 Å². The molecule has 0 aliphatic carbocycles. The number of carbonyl (C=O) groups is 2. The van der Waals surface area contributed by atoms with Crippen LogP contribution in [0, 0.1) is 0 Å². The standard InChI is InChI=1S/C19H20BrN3O8/c1-9(24)29-8-15-14(30-10(2)25)6-16(31-15)23-7-11(20)18(22-19(23)28)21-17-12(26)4-3-5-13(17)27/h3-5,7,14-16,26-27H,6,8H2,1-2H3,(H,21,22,28)/t14-,15?,16?/m1/s1. The molecule has 3 N–H and O–H groups in total. The fraction of sp³-hybridized carbons (Fsp3) is 0.368. The zero-order valence-electron chi connectivity index (χ0n) is 16.6. The molecule has 1 aromatic heterocycles. The molecule has 3 rings (SSSR count). The first-order chi connectivity index (χ1) is 14.7. The van der Waals surface area contributed by atoms with Gasteiger partial charge in [0.05, 0.1) is 4.47 Å². The van der Waals surface area contributed by atoms with E-state index in [-0.39, 0.29) is 36.0 Å². The van der Waals surface area contributed by atoms with Crippen LogP contribution >= 0.6 is 15.9 Å². The van der Waals surface area contributed by atoms with Crippen molar-refractivity contribution >= 4 is 39.4 Å². The van der Waals surface area contributed by atoms with Crippen LogP contribution in [0.25, 0.3) is 0 Å². The van der Waals surface area contributed by atoms with Crippen molar-refractivity contribution in [2.24, 2.45) is 0 Å². The predicted molar refractivity (Wildman–Crippen MR) is 110 cm³/mol. The van der Waals surface area contributed by atoms with Crippen LogP contribution in [0.2, 0.25) is 0 Å². The molecule has 1 aliphatic rings. The molecule has 166 valence electrons. The number of ether oxygens (including phenoxy) is 3.